The molecule has 1 aliphatic carbocycles. The Balaban J connectivity index is 2.18. The molecule has 0 aliphatic heterocycles. The fourth-order valence-electron chi connectivity index (χ4n) is 2.30. The van der Waals surface area contributed by atoms with Crippen LogP contribution >= 0.6 is 22.6 Å². The number of nitrogens with one attached hydrogen (secondary N) is 1. The lowest BCUT2D eigenvalue weighted by atomic mass is 10.0. The number of rotatable bonds is 6. The number of carbonyl (C=O) groups is 1. The zero-order valence-electron chi connectivity index (χ0n) is 10.5. The largest absolute Gasteiger partial charge is 0.352 e. The molecule has 0 saturated heterocycles. The van der Waals surface area contributed by atoms with Gasteiger partial charge in [0, 0.05) is 16.9 Å². The van der Waals surface area contributed by atoms with Crippen molar-refractivity contribution in [3.8, 4) is 0 Å². The maximum Gasteiger partial charge on any atom is 0.220 e. The Morgan fingerprint density at radius 3 is 2.50 bits per heavy atom. The lowest BCUT2D eigenvalue weighted by Gasteiger charge is -2.20. The van der Waals surface area contributed by atoms with E-state index in [4.69, 9.17) is 0 Å². The van der Waals surface area contributed by atoms with Crippen LogP contribution in [0.4, 0.5) is 0 Å². The first kappa shape index (κ1) is 14.3. The summed E-state index contributed by atoms with van der Waals surface area (Å²) >= 11 is 2.35. The average molecular weight is 337 g/mol. The van der Waals surface area contributed by atoms with E-state index < -0.39 is 0 Å². The molecular weight excluding hydrogens is 313 g/mol. The first-order valence-corrected chi connectivity index (χ1v) is 8.01. The molecule has 1 atom stereocenters. The van der Waals surface area contributed by atoms with Crippen molar-refractivity contribution in [2.75, 3.05) is 4.43 Å². The third-order valence-corrected chi connectivity index (χ3v) is 4.52. The number of hydrogen-bond donors (Lipinski definition) is 1. The highest BCUT2D eigenvalue weighted by molar-refractivity contribution is 14.1. The Morgan fingerprint density at radius 1 is 1.38 bits per heavy atom. The molecule has 0 aromatic heterocycles. The van der Waals surface area contributed by atoms with Crippen molar-refractivity contribution in [2.45, 2.75) is 58.4 Å². The van der Waals surface area contributed by atoms with Gasteiger partial charge in [-0.2, -0.15) is 0 Å². The van der Waals surface area contributed by atoms with Crippen LogP contribution in [0.2, 0.25) is 0 Å². The maximum atomic E-state index is 11.8. The molecular formula is C13H24INO. The van der Waals surface area contributed by atoms with E-state index >= 15 is 0 Å². The average Bonchev–Trinajstić information content (AvgIpc) is 2.75. The van der Waals surface area contributed by atoms with E-state index in [2.05, 4.69) is 41.8 Å². The summed E-state index contributed by atoms with van der Waals surface area (Å²) in [6, 6.07) is 0.344. The summed E-state index contributed by atoms with van der Waals surface area (Å²) in [4.78, 5) is 11.8. The van der Waals surface area contributed by atoms with E-state index in [0.717, 1.165) is 23.2 Å². The third kappa shape index (κ3) is 5.02. The molecule has 1 aliphatic rings. The molecule has 16 heavy (non-hydrogen) atoms. The van der Waals surface area contributed by atoms with Crippen LogP contribution in [0.5, 0.6) is 0 Å². The minimum Gasteiger partial charge on any atom is -0.352 e. The molecule has 1 saturated carbocycles. The minimum atomic E-state index is 0.252. The monoisotopic (exact) mass is 337 g/mol. The molecule has 1 N–H and O–H groups in total. The molecule has 1 amide bonds. The molecule has 0 bridgehead atoms. The number of alkyl halides is 1. The molecule has 0 radical (unpaired) electrons. The standard InChI is InChI=1S/C13H24INO/c1-10(2)12(9-14)15-13(16)8-7-11-5-3-4-6-11/h10-12H,3-9H2,1-2H3,(H,15,16). The first-order valence-electron chi connectivity index (χ1n) is 6.48. The molecule has 1 unspecified atom stereocenters. The van der Waals surface area contributed by atoms with Crippen LogP contribution in [0, 0.1) is 11.8 Å². The summed E-state index contributed by atoms with van der Waals surface area (Å²) in [5, 5.41) is 3.14. The van der Waals surface area contributed by atoms with Gasteiger partial charge in [0.25, 0.3) is 0 Å². The summed E-state index contributed by atoms with van der Waals surface area (Å²) in [6.45, 7) is 4.33. The van der Waals surface area contributed by atoms with Gasteiger partial charge in [-0.1, -0.05) is 62.1 Å². The van der Waals surface area contributed by atoms with E-state index in [1.165, 1.54) is 25.7 Å². The number of hydrogen-bond acceptors (Lipinski definition) is 1. The van der Waals surface area contributed by atoms with Crippen LogP contribution in [0.15, 0.2) is 0 Å². The normalized spacial score (nSPS) is 19.0. The third-order valence-electron chi connectivity index (χ3n) is 3.57. The van der Waals surface area contributed by atoms with Gasteiger partial charge in [0.05, 0.1) is 0 Å². The lowest BCUT2D eigenvalue weighted by molar-refractivity contribution is -0.122. The van der Waals surface area contributed by atoms with Gasteiger partial charge in [-0.3, -0.25) is 4.79 Å². The lowest BCUT2D eigenvalue weighted by Crippen LogP contribution is -2.39. The molecule has 0 heterocycles. The van der Waals surface area contributed by atoms with Gasteiger partial charge >= 0.3 is 0 Å². The molecule has 0 aromatic carbocycles. The van der Waals surface area contributed by atoms with Gasteiger partial charge < -0.3 is 5.32 Å². The SMILES string of the molecule is CC(C)C(CI)NC(=O)CCC1CCCC1. The van der Waals surface area contributed by atoms with Crippen molar-refractivity contribution in [3.05, 3.63) is 0 Å². The Kier molecular flexibility index (Phi) is 6.70. The van der Waals surface area contributed by atoms with Crippen molar-refractivity contribution >= 4 is 28.5 Å². The maximum absolute atomic E-state index is 11.8. The molecule has 94 valence electrons. The van der Waals surface area contributed by atoms with E-state index in [9.17, 15) is 4.79 Å². The minimum absolute atomic E-state index is 0.252. The molecule has 0 aromatic rings. The second-order valence-electron chi connectivity index (χ2n) is 5.26. The van der Waals surface area contributed by atoms with Crippen molar-refractivity contribution in [3.63, 3.8) is 0 Å². The van der Waals surface area contributed by atoms with Crippen LogP contribution in [0.3, 0.4) is 0 Å². The second-order valence-corrected chi connectivity index (χ2v) is 6.14. The topological polar surface area (TPSA) is 29.1 Å². The smallest absolute Gasteiger partial charge is 0.220 e. The molecule has 1 fully saturated rings. The van der Waals surface area contributed by atoms with Crippen molar-refractivity contribution in [2.24, 2.45) is 11.8 Å². The van der Waals surface area contributed by atoms with Crippen LogP contribution < -0.4 is 5.32 Å². The summed E-state index contributed by atoms with van der Waals surface area (Å²) in [5.41, 5.74) is 0. The van der Waals surface area contributed by atoms with Gasteiger partial charge in [0.15, 0.2) is 0 Å². The Morgan fingerprint density at radius 2 is 2.00 bits per heavy atom. The zero-order valence-corrected chi connectivity index (χ0v) is 12.6. The van der Waals surface area contributed by atoms with Crippen LogP contribution in [0.25, 0.3) is 0 Å². The molecule has 2 nitrogen and oxygen atoms in total. The summed E-state index contributed by atoms with van der Waals surface area (Å²) in [5.74, 6) is 1.61. The number of halogens is 1. The fourth-order valence-corrected chi connectivity index (χ4v) is 3.53. The van der Waals surface area contributed by atoms with Crippen molar-refractivity contribution in [1.29, 1.82) is 0 Å². The molecule has 1 rings (SSSR count). The zero-order chi connectivity index (χ0) is 12.0. The van der Waals surface area contributed by atoms with Gasteiger partial charge in [-0.15, -0.1) is 0 Å². The van der Waals surface area contributed by atoms with Gasteiger partial charge in [-0.25, -0.2) is 0 Å². The highest BCUT2D eigenvalue weighted by Crippen LogP contribution is 2.28. The van der Waals surface area contributed by atoms with Crippen LogP contribution in [-0.4, -0.2) is 16.4 Å². The second kappa shape index (κ2) is 7.51. The van der Waals surface area contributed by atoms with Crippen molar-refractivity contribution < 1.29 is 4.79 Å². The highest BCUT2D eigenvalue weighted by Gasteiger charge is 2.18. The number of carbonyl (C=O) groups excluding carboxylic acids is 1. The van der Waals surface area contributed by atoms with Gasteiger partial charge in [0.2, 0.25) is 5.91 Å². The predicted molar refractivity (Wildman–Crippen MR) is 76.8 cm³/mol. The van der Waals surface area contributed by atoms with E-state index in [0.29, 0.717) is 12.0 Å². The summed E-state index contributed by atoms with van der Waals surface area (Å²) in [7, 11) is 0. The first-order chi connectivity index (χ1) is 7.63. The Hall–Kier alpha value is 0.200. The van der Waals surface area contributed by atoms with E-state index in [1.54, 1.807) is 0 Å². The fraction of sp³-hybridized carbons (Fsp3) is 0.923. The van der Waals surface area contributed by atoms with Crippen LogP contribution in [-0.2, 0) is 4.79 Å². The summed E-state index contributed by atoms with van der Waals surface area (Å²) in [6.07, 6.45) is 7.24. The predicted octanol–water partition coefficient (Wildman–Crippen LogP) is 3.53. The molecule has 0 spiro atoms. The highest BCUT2D eigenvalue weighted by atomic mass is 127. The quantitative estimate of drug-likeness (QED) is 0.583. The summed E-state index contributed by atoms with van der Waals surface area (Å²) < 4.78 is 1.00. The molecule has 3 heteroatoms. The number of amides is 1. The van der Waals surface area contributed by atoms with E-state index in [-0.39, 0.29) is 5.91 Å². The van der Waals surface area contributed by atoms with Gasteiger partial charge in [-0.05, 0) is 18.3 Å². The Labute approximate surface area is 113 Å². The van der Waals surface area contributed by atoms with Gasteiger partial charge in [0.1, 0.15) is 0 Å². The van der Waals surface area contributed by atoms with Crippen molar-refractivity contribution in [1.82, 2.24) is 5.32 Å². The van der Waals surface area contributed by atoms with E-state index in [1.807, 2.05) is 0 Å². The Bertz CT molecular complexity index is 212. The van der Waals surface area contributed by atoms with Crippen LogP contribution in [0.1, 0.15) is 52.4 Å².